The molecule has 0 bridgehead atoms. The Morgan fingerprint density at radius 2 is 1.88 bits per heavy atom. The van der Waals surface area contributed by atoms with Crippen molar-refractivity contribution in [3.63, 3.8) is 0 Å². The van der Waals surface area contributed by atoms with Gasteiger partial charge < -0.3 is 4.52 Å². The minimum atomic E-state index is -0.744. The van der Waals surface area contributed by atoms with E-state index in [2.05, 4.69) is 21.1 Å². The molecule has 0 atom stereocenters. The number of hydrogen-bond acceptors (Lipinski definition) is 3. The summed E-state index contributed by atoms with van der Waals surface area (Å²) >= 11 is 2.96. The van der Waals surface area contributed by atoms with Crippen LogP contribution >= 0.6 is 15.9 Å². The van der Waals surface area contributed by atoms with Crippen molar-refractivity contribution in [1.29, 1.82) is 0 Å². The number of benzene rings is 1. The molecule has 2 aromatic rings. The summed E-state index contributed by atoms with van der Waals surface area (Å²) in [5, 5.41) is 3.55. The SMILES string of the molecule is O=Cc1c(-c2cc(F)cc(F)c2)noc1Br. The number of rotatable bonds is 2. The van der Waals surface area contributed by atoms with Gasteiger partial charge in [-0.05, 0) is 28.1 Å². The fourth-order valence-electron chi connectivity index (χ4n) is 1.28. The van der Waals surface area contributed by atoms with Crippen LogP contribution in [0.3, 0.4) is 0 Å². The Balaban J connectivity index is 2.62. The molecule has 16 heavy (non-hydrogen) atoms. The van der Waals surface area contributed by atoms with Crippen LogP contribution in [0, 0.1) is 11.6 Å². The first-order chi connectivity index (χ1) is 7.61. The fourth-order valence-corrected chi connectivity index (χ4v) is 1.63. The van der Waals surface area contributed by atoms with Crippen molar-refractivity contribution in [2.24, 2.45) is 0 Å². The van der Waals surface area contributed by atoms with Crippen LogP contribution in [0.5, 0.6) is 0 Å². The molecule has 2 rings (SSSR count). The van der Waals surface area contributed by atoms with Crippen molar-refractivity contribution in [2.45, 2.75) is 0 Å². The zero-order valence-corrected chi connectivity index (χ0v) is 9.29. The molecule has 0 saturated heterocycles. The lowest BCUT2D eigenvalue weighted by molar-refractivity contribution is 0.112. The summed E-state index contributed by atoms with van der Waals surface area (Å²) in [6.45, 7) is 0. The monoisotopic (exact) mass is 287 g/mol. The lowest BCUT2D eigenvalue weighted by Gasteiger charge is -1.97. The van der Waals surface area contributed by atoms with E-state index in [0.717, 1.165) is 18.2 Å². The van der Waals surface area contributed by atoms with Gasteiger partial charge >= 0.3 is 0 Å². The largest absolute Gasteiger partial charge is 0.348 e. The number of carbonyl (C=O) groups is 1. The predicted molar refractivity (Wildman–Crippen MR) is 54.9 cm³/mol. The Labute approximate surface area is 97.2 Å². The molecule has 0 spiro atoms. The van der Waals surface area contributed by atoms with Gasteiger partial charge in [-0.3, -0.25) is 4.79 Å². The minimum absolute atomic E-state index is 0.0975. The Kier molecular flexibility index (Phi) is 2.82. The van der Waals surface area contributed by atoms with E-state index >= 15 is 0 Å². The molecule has 0 N–H and O–H groups in total. The maximum absolute atomic E-state index is 13.0. The maximum atomic E-state index is 13.0. The quantitative estimate of drug-likeness (QED) is 0.797. The predicted octanol–water partition coefficient (Wildman–Crippen LogP) is 3.19. The van der Waals surface area contributed by atoms with Crippen LogP contribution in [-0.4, -0.2) is 11.4 Å². The van der Waals surface area contributed by atoms with Gasteiger partial charge in [-0.1, -0.05) is 5.16 Å². The van der Waals surface area contributed by atoms with E-state index in [4.69, 9.17) is 4.52 Å². The van der Waals surface area contributed by atoms with E-state index in [1.807, 2.05) is 0 Å². The second kappa shape index (κ2) is 4.13. The molecule has 0 fully saturated rings. The first kappa shape index (κ1) is 10.9. The number of halogens is 3. The van der Waals surface area contributed by atoms with Crippen LogP contribution < -0.4 is 0 Å². The van der Waals surface area contributed by atoms with Gasteiger partial charge in [0.2, 0.25) is 4.67 Å². The van der Waals surface area contributed by atoms with Crippen LogP contribution in [0.25, 0.3) is 11.3 Å². The zero-order chi connectivity index (χ0) is 11.7. The molecule has 6 heteroatoms. The summed E-state index contributed by atoms with van der Waals surface area (Å²) in [5.41, 5.74) is 0.360. The molecule has 1 heterocycles. The highest BCUT2D eigenvalue weighted by Crippen LogP contribution is 2.28. The van der Waals surface area contributed by atoms with Gasteiger partial charge in [-0.25, -0.2) is 8.78 Å². The van der Waals surface area contributed by atoms with Crippen molar-refractivity contribution in [3.8, 4) is 11.3 Å². The summed E-state index contributed by atoms with van der Waals surface area (Å²) in [4.78, 5) is 10.7. The van der Waals surface area contributed by atoms with Crippen molar-refractivity contribution < 1.29 is 18.1 Å². The number of hydrogen-bond donors (Lipinski definition) is 0. The molecule has 0 aliphatic rings. The first-order valence-electron chi connectivity index (χ1n) is 4.18. The highest BCUT2D eigenvalue weighted by atomic mass is 79.9. The van der Waals surface area contributed by atoms with Crippen molar-refractivity contribution in [2.75, 3.05) is 0 Å². The topological polar surface area (TPSA) is 43.1 Å². The summed E-state index contributed by atoms with van der Waals surface area (Å²) < 4.78 is 30.8. The third-order valence-corrected chi connectivity index (χ3v) is 2.51. The van der Waals surface area contributed by atoms with Crippen molar-refractivity contribution >= 4 is 22.2 Å². The molecule has 0 aliphatic carbocycles. The maximum Gasteiger partial charge on any atom is 0.213 e. The second-order valence-corrected chi connectivity index (χ2v) is 3.71. The molecule has 1 aromatic heterocycles. The molecule has 0 radical (unpaired) electrons. The summed E-state index contributed by atoms with van der Waals surface area (Å²) in [6, 6.07) is 2.87. The van der Waals surface area contributed by atoms with Crippen LogP contribution in [0.15, 0.2) is 27.4 Å². The van der Waals surface area contributed by atoms with Crippen molar-refractivity contribution in [1.82, 2.24) is 5.16 Å². The molecule has 0 amide bonds. The normalized spacial score (nSPS) is 10.4. The Morgan fingerprint density at radius 3 is 2.44 bits per heavy atom. The molecule has 0 aliphatic heterocycles. The standard InChI is InChI=1S/C10H4BrF2NO2/c11-10-8(4-15)9(14-16-10)5-1-6(12)3-7(13)2-5/h1-4H. The average molecular weight is 288 g/mol. The molecule has 0 unspecified atom stereocenters. The summed E-state index contributed by atoms with van der Waals surface area (Å²) in [7, 11) is 0. The number of aromatic nitrogens is 1. The highest BCUT2D eigenvalue weighted by Gasteiger charge is 2.16. The summed E-state index contributed by atoms with van der Waals surface area (Å²) in [6.07, 6.45) is 0.499. The molecule has 0 saturated carbocycles. The smallest absolute Gasteiger partial charge is 0.213 e. The summed E-state index contributed by atoms with van der Waals surface area (Å²) in [5.74, 6) is -1.49. The molecule has 82 valence electrons. The lowest BCUT2D eigenvalue weighted by atomic mass is 10.1. The van der Waals surface area contributed by atoms with Gasteiger partial charge in [0.25, 0.3) is 0 Å². The minimum Gasteiger partial charge on any atom is -0.348 e. The van der Waals surface area contributed by atoms with Gasteiger partial charge in [0.05, 0.1) is 5.56 Å². The van der Waals surface area contributed by atoms with Gasteiger partial charge in [0.15, 0.2) is 6.29 Å². The van der Waals surface area contributed by atoms with Crippen LogP contribution in [0.4, 0.5) is 8.78 Å². The zero-order valence-electron chi connectivity index (χ0n) is 7.71. The molecular formula is C10H4BrF2NO2. The van der Waals surface area contributed by atoms with E-state index in [9.17, 15) is 13.6 Å². The van der Waals surface area contributed by atoms with Crippen LogP contribution in [0.1, 0.15) is 10.4 Å². The van der Waals surface area contributed by atoms with E-state index in [-0.39, 0.29) is 21.5 Å². The lowest BCUT2D eigenvalue weighted by Crippen LogP contribution is -1.88. The number of carbonyl (C=O) groups excluding carboxylic acids is 1. The fraction of sp³-hybridized carbons (Fsp3) is 0. The van der Waals surface area contributed by atoms with Crippen LogP contribution in [-0.2, 0) is 0 Å². The average Bonchev–Trinajstić information content (AvgIpc) is 2.58. The third kappa shape index (κ3) is 1.88. The Hall–Kier alpha value is -1.56. The molecule has 3 nitrogen and oxygen atoms in total. The van der Waals surface area contributed by atoms with Gasteiger partial charge in [-0.15, -0.1) is 0 Å². The van der Waals surface area contributed by atoms with E-state index in [0.29, 0.717) is 6.29 Å². The number of nitrogens with zero attached hydrogens (tertiary/aromatic N) is 1. The van der Waals surface area contributed by atoms with E-state index in [1.165, 1.54) is 0 Å². The van der Waals surface area contributed by atoms with Crippen LogP contribution in [0.2, 0.25) is 0 Å². The Morgan fingerprint density at radius 1 is 1.25 bits per heavy atom. The first-order valence-corrected chi connectivity index (χ1v) is 4.98. The van der Waals surface area contributed by atoms with E-state index in [1.54, 1.807) is 0 Å². The Bertz CT molecular complexity index is 533. The van der Waals surface area contributed by atoms with Gasteiger partial charge in [0.1, 0.15) is 17.3 Å². The van der Waals surface area contributed by atoms with Gasteiger partial charge in [-0.2, -0.15) is 0 Å². The van der Waals surface area contributed by atoms with Crippen molar-refractivity contribution in [3.05, 3.63) is 40.1 Å². The molecule has 1 aromatic carbocycles. The second-order valence-electron chi connectivity index (χ2n) is 2.99. The van der Waals surface area contributed by atoms with Gasteiger partial charge in [0, 0.05) is 11.6 Å². The highest BCUT2D eigenvalue weighted by molar-refractivity contribution is 9.10. The third-order valence-electron chi connectivity index (χ3n) is 1.94. The van der Waals surface area contributed by atoms with E-state index < -0.39 is 11.6 Å². The molecular weight excluding hydrogens is 284 g/mol. The number of aldehydes is 1.